The van der Waals surface area contributed by atoms with Gasteiger partial charge in [-0.1, -0.05) is 35.8 Å². The van der Waals surface area contributed by atoms with Gasteiger partial charge in [-0.3, -0.25) is 4.90 Å². The van der Waals surface area contributed by atoms with E-state index in [-0.39, 0.29) is 0 Å². The van der Waals surface area contributed by atoms with Gasteiger partial charge in [0.1, 0.15) is 0 Å². The summed E-state index contributed by atoms with van der Waals surface area (Å²) in [4.78, 5) is 6.61. The molecule has 2 rings (SSSR count). The summed E-state index contributed by atoms with van der Waals surface area (Å²) in [5.74, 6) is 1.20. The largest absolute Gasteiger partial charge is 0.338 e. The van der Waals surface area contributed by atoms with Gasteiger partial charge in [-0.25, -0.2) is 0 Å². The number of hydrogen-bond donors (Lipinski definition) is 0. The zero-order valence-electron chi connectivity index (χ0n) is 11.8. The normalized spacial score (nSPS) is 11.0. The van der Waals surface area contributed by atoms with Crippen LogP contribution in [0.4, 0.5) is 0 Å². The minimum absolute atomic E-state index is 0.586. The molecule has 0 saturated carbocycles. The molecule has 0 N–H and O–H groups in total. The Kier molecular flexibility index (Phi) is 4.93. The molecular weight excluding hydrogens is 274 g/mol. The fourth-order valence-electron chi connectivity index (χ4n) is 1.89. The second kappa shape index (κ2) is 6.68. The molecule has 1 aromatic heterocycles. The molecule has 0 amide bonds. The van der Waals surface area contributed by atoms with Crippen LogP contribution in [0.15, 0.2) is 40.9 Å². The molecule has 0 spiro atoms. The second-order valence-electron chi connectivity index (χ2n) is 4.78. The maximum atomic E-state index is 5.86. The number of benzene rings is 1. The minimum Gasteiger partial charge on any atom is -0.338 e. The average Bonchev–Trinajstić information content (AvgIpc) is 2.87. The Morgan fingerprint density at radius 2 is 2.05 bits per heavy atom. The van der Waals surface area contributed by atoms with Gasteiger partial charge in [0.2, 0.25) is 11.7 Å². The zero-order valence-corrected chi connectivity index (χ0v) is 12.5. The Bertz CT molecular complexity index is 577. The summed E-state index contributed by atoms with van der Waals surface area (Å²) < 4.78 is 5.30. The number of hydrogen-bond acceptors (Lipinski definition) is 4. The number of halogens is 1. The number of rotatable bonds is 6. The Hall–Kier alpha value is -1.65. The molecule has 106 valence electrons. The summed E-state index contributed by atoms with van der Waals surface area (Å²) in [7, 11) is 0. The predicted molar refractivity (Wildman–Crippen MR) is 80.5 cm³/mol. The van der Waals surface area contributed by atoms with E-state index in [4.69, 9.17) is 16.1 Å². The highest BCUT2D eigenvalue weighted by molar-refractivity contribution is 6.30. The molecule has 0 bridgehead atoms. The standard InChI is InChI=1S/C15H18ClN3O/c1-4-19(9-11(2)3)10-14-17-15(18-20-14)12-5-7-13(16)8-6-12/h5-8H,2,4,9-10H2,1,3H3. The van der Waals surface area contributed by atoms with E-state index in [0.717, 1.165) is 24.2 Å². The molecule has 2 aromatic rings. The molecule has 0 unspecified atom stereocenters. The third kappa shape index (κ3) is 3.92. The van der Waals surface area contributed by atoms with Crippen molar-refractivity contribution in [1.29, 1.82) is 0 Å². The van der Waals surface area contributed by atoms with Crippen LogP contribution in [0.2, 0.25) is 5.02 Å². The van der Waals surface area contributed by atoms with Crippen molar-refractivity contribution in [2.45, 2.75) is 20.4 Å². The van der Waals surface area contributed by atoms with Crippen LogP contribution in [0.5, 0.6) is 0 Å². The van der Waals surface area contributed by atoms with Crippen molar-refractivity contribution in [3.05, 3.63) is 47.3 Å². The van der Waals surface area contributed by atoms with Crippen LogP contribution >= 0.6 is 11.6 Å². The Balaban J connectivity index is 2.08. The SMILES string of the molecule is C=C(C)CN(CC)Cc1nc(-c2ccc(Cl)cc2)no1. The molecule has 0 radical (unpaired) electrons. The molecule has 0 fully saturated rings. The molecule has 20 heavy (non-hydrogen) atoms. The average molecular weight is 292 g/mol. The van der Waals surface area contributed by atoms with E-state index in [0.29, 0.717) is 23.3 Å². The zero-order chi connectivity index (χ0) is 14.5. The van der Waals surface area contributed by atoms with Crippen molar-refractivity contribution < 1.29 is 4.52 Å². The Morgan fingerprint density at radius 3 is 2.65 bits per heavy atom. The van der Waals surface area contributed by atoms with E-state index in [1.54, 1.807) is 0 Å². The Labute approximate surface area is 124 Å². The molecule has 5 heteroatoms. The maximum Gasteiger partial charge on any atom is 0.241 e. The fourth-order valence-corrected chi connectivity index (χ4v) is 2.01. The van der Waals surface area contributed by atoms with Crippen LogP contribution < -0.4 is 0 Å². The van der Waals surface area contributed by atoms with Crippen molar-refractivity contribution in [2.75, 3.05) is 13.1 Å². The lowest BCUT2D eigenvalue weighted by molar-refractivity contribution is 0.252. The summed E-state index contributed by atoms with van der Waals surface area (Å²) in [5, 5.41) is 4.70. The van der Waals surface area contributed by atoms with Crippen LogP contribution in [-0.2, 0) is 6.54 Å². The lowest BCUT2D eigenvalue weighted by atomic mass is 10.2. The van der Waals surface area contributed by atoms with E-state index < -0.39 is 0 Å². The topological polar surface area (TPSA) is 42.2 Å². The van der Waals surface area contributed by atoms with Crippen molar-refractivity contribution in [3.63, 3.8) is 0 Å². The van der Waals surface area contributed by atoms with Gasteiger partial charge in [0.15, 0.2) is 0 Å². The van der Waals surface area contributed by atoms with E-state index in [1.807, 2.05) is 31.2 Å². The van der Waals surface area contributed by atoms with Crippen molar-refractivity contribution in [3.8, 4) is 11.4 Å². The molecule has 4 nitrogen and oxygen atoms in total. The minimum atomic E-state index is 0.586. The van der Waals surface area contributed by atoms with Crippen LogP contribution in [0.25, 0.3) is 11.4 Å². The lowest BCUT2D eigenvalue weighted by Gasteiger charge is -2.17. The molecule has 0 saturated heterocycles. The van der Waals surface area contributed by atoms with Crippen molar-refractivity contribution >= 4 is 11.6 Å². The number of nitrogens with zero attached hydrogens (tertiary/aromatic N) is 3. The van der Waals surface area contributed by atoms with Gasteiger partial charge < -0.3 is 4.52 Å². The van der Waals surface area contributed by atoms with Gasteiger partial charge in [-0.2, -0.15) is 4.98 Å². The molecule has 0 aliphatic carbocycles. The first-order valence-electron chi connectivity index (χ1n) is 6.53. The monoisotopic (exact) mass is 291 g/mol. The van der Waals surface area contributed by atoms with Crippen LogP contribution in [0.3, 0.4) is 0 Å². The van der Waals surface area contributed by atoms with Crippen LogP contribution in [0.1, 0.15) is 19.7 Å². The maximum absolute atomic E-state index is 5.86. The highest BCUT2D eigenvalue weighted by atomic mass is 35.5. The molecule has 0 atom stereocenters. The van der Waals surface area contributed by atoms with E-state index >= 15 is 0 Å². The highest BCUT2D eigenvalue weighted by Crippen LogP contribution is 2.19. The quantitative estimate of drug-likeness (QED) is 0.760. The van der Waals surface area contributed by atoms with Crippen LogP contribution in [0, 0.1) is 0 Å². The summed E-state index contributed by atoms with van der Waals surface area (Å²) in [6.07, 6.45) is 0. The van der Waals surface area contributed by atoms with Gasteiger partial charge in [0.25, 0.3) is 0 Å². The summed E-state index contributed by atoms with van der Waals surface area (Å²) in [5.41, 5.74) is 2.01. The lowest BCUT2D eigenvalue weighted by Crippen LogP contribution is -2.24. The Morgan fingerprint density at radius 1 is 1.35 bits per heavy atom. The predicted octanol–water partition coefficient (Wildman–Crippen LogP) is 3.79. The third-order valence-corrected chi connectivity index (χ3v) is 3.12. The molecule has 0 aliphatic heterocycles. The first kappa shape index (κ1) is 14.8. The van der Waals surface area contributed by atoms with Gasteiger partial charge in [0, 0.05) is 17.1 Å². The molecule has 1 aromatic carbocycles. The van der Waals surface area contributed by atoms with E-state index in [2.05, 4.69) is 28.5 Å². The van der Waals surface area contributed by atoms with Gasteiger partial charge >= 0.3 is 0 Å². The van der Waals surface area contributed by atoms with E-state index in [1.165, 1.54) is 0 Å². The molecule has 0 aliphatic rings. The first-order chi connectivity index (χ1) is 9.58. The third-order valence-electron chi connectivity index (χ3n) is 2.87. The van der Waals surface area contributed by atoms with Crippen molar-refractivity contribution in [2.24, 2.45) is 0 Å². The number of likely N-dealkylation sites (N-methyl/N-ethyl adjacent to an activating group) is 1. The summed E-state index contributed by atoms with van der Waals surface area (Å²) in [6.45, 7) is 10.4. The van der Waals surface area contributed by atoms with Gasteiger partial charge in [0.05, 0.1) is 6.54 Å². The second-order valence-corrected chi connectivity index (χ2v) is 5.22. The highest BCUT2D eigenvalue weighted by Gasteiger charge is 2.12. The van der Waals surface area contributed by atoms with Crippen molar-refractivity contribution in [1.82, 2.24) is 15.0 Å². The summed E-state index contributed by atoms with van der Waals surface area (Å²) in [6, 6.07) is 7.38. The first-order valence-corrected chi connectivity index (χ1v) is 6.91. The number of aromatic nitrogens is 2. The van der Waals surface area contributed by atoms with Gasteiger partial charge in [-0.15, -0.1) is 0 Å². The summed E-state index contributed by atoms with van der Waals surface area (Å²) >= 11 is 5.86. The fraction of sp³-hybridized carbons (Fsp3) is 0.333. The molecule has 1 heterocycles. The van der Waals surface area contributed by atoms with E-state index in [9.17, 15) is 0 Å². The van der Waals surface area contributed by atoms with Crippen LogP contribution in [-0.4, -0.2) is 28.1 Å². The molecular formula is C15H18ClN3O. The smallest absolute Gasteiger partial charge is 0.241 e. The van der Waals surface area contributed by atoms with Gasteiger partial charge in [-0.05, 0) is 37.7 Å².